The average molecular weight is 308 g/mol. The highest BCUT2D eigenvalue weighted by Crippen LogP contribution is 2.17. The Balaban J connectivity index is 0.00000220. The number of carboxylic acids is 1. The molecule has 21 heavy (non-hydrogen) atoms. The zero-order valence-corrected chi connectivity index (χ0v) is 12.5. The zero-order chi connectivity index (χ0) is 14.4. The van der Waals surface area contributed by atoms with Crippen molar-refractivity contribution in [1.82, 2.24) is 5.32 Å². The van der Waals surface area contributed by atoms with Crippen LogP contribution in [0.25, 0.3) is 0 Å². The minimum atomic E-state index is -0.903. The lowest BCUT2D eigenvalue weighted by Gasteiger charge is -2.10. The Morgan fingerprint density at radius 3 is 2.29 bits per heavy atom. The van der Waals surface area contributed by atoms with Crippen LogP contribution in [-0.4, -0.2) is 18.2 Å². The van der Waals surface area contributed by atoms with Gasteiger partial charge in [-0.3, -0.25) is 0 Å². The van der Waals surface area contributed by atoms with E-state index in [1.54, 1.807) is 19.2 Å². The van der Waals surface area contributed by atoms with E-state index in [2.05, 4.69) is 5.32 Å². The summed E-state index contributed by atoms with van der Waals surface area (Å²) in [5.41, 5.74) is 2.15. The van der Waals surface area contributed by atoms with Gasteiger partial charge in [-0.15, -0.1) is 12.4 Å². The van der Waals surface area contributed by atoms with Gasteiger partial charge in [0.05, 0.1) is 12.7 Å². The van der Waals surface area contributed by atoms with E-state index in [1.165, 1.54) is 0 Å². The summed E-state index contributed by atoms with van der Waals surface area (Å²) in [6, 6.07) is 14.8. The number of carbonyl (C=O) groups is 1. The first kappa shape index (κ1) is 17.0. The molecule has 0 atom stereocenters. The van der Waals surface area contributed by atoms with E-state index in [4.69, 9.17) is 9.84 Å². The highest BCUT2D eigenvalue weighted by molar-refractivity contribution is 5.89. The van der Waals surface area contributed by atoms with Gasteiger partial charge in [-0.05, 0) is 17.7 Å². The number of aromatic carboxylic acids is 1. The first-order chi connectivity index (χ1) is 9.72. The molecule has 0 amide bonds. The van der Waals surface area contributed by atoms with Gasteiger partial charge in [0, 0.05) is 18.7 Å². The van der Waals surface area contributed by atoms with Gasteiger partial charge in [0.2, 0.25) is 0 Å². The molecule has 0 aliphatic rings. The van der Waals surface area contributed by atoms with Crippen LogP contribution in [0.3, 0.4) is 0 Å². The molecule has 5 heteroatoms. The van der Waals surface area contributed by atoms with Crippen molar-refractivity contribution in [2.75, 3.05) is 7.11 Å². The molecule has 112 valence electrons. The number of benzene rings is 2. The van der Waals surface area contributed by atoms with Crippen LogP contribution >= 0.6 is 12.4 Å². The predicted octanol–water partition coefficient (Wildman–Crippen LogP) is 3.11. The first-order valence-electron chi connectivity index (χ1n) is 6.36. The Morgan fingerprint density at radius 2 is 1.62 bits per heavy atom. The van der Waals surface area contributed by atoms with Crippen LogP contribution in [0.2, 0.25) is 0 Å². The number of hydrogen-bond acceptors (Lipinski definition) is 3. The molecule has 0 aliphatic heterocycles. The lowest BCUT2D eigenvalue weighted by Crippen LogP contribution is -2.15. The second-order valence-electron chi connectivity index (χ2n) is 4.38. The number of ether oxygens (including phenoxy) is 1. The Morgan fingerprint density at radius 1 is 1.05 bits per heavy atom. The summed E-state index contributed by atoms with van der Waals surface area (Å²) < 4.78 is 5.28. The van der Waals surface area contributed by atoms with E-state index >= 15 is 0 Å². The van der Waals surface area contributed by atoms with E-state index in [0.29, 0.717) is 18.7 Å². The van der Waals surface area contributed by atoms with Gasteiger partial charge in [-0.1, -0.05) is 36.4 Å². The molecule has 0 spiro atoms. The van der Waals surface area contributed by atoms with Crippen molar-refractivity contribution in [3.63, 3.8) is 0 Å². The monoisotopic (exact) mass is 307 g/mol. The lowest BCUT2D eigenvalue weighted by atomic mass is 10.1. The second kappa shape index (κ2) is 8.29. The highest BCUT2D eigenvalue weighted by Gasteiger charge is 2.08. The molecule has 0 heterocycles. The SMILES string of the molecule is COc1ccccc1CNCc1ccccc1C(=O)O.Cl. The summed E-state index contributed by atoms with van der Waals surface area (Å²) in [6.45, 7) is 1.12. The van der Waals surface area contributed by atoms with E-state index in [0.717, 1.165) is 16.9 Å². The van der Waals surface area contributed by atoms with E-state index in [9.17, 15) is 4.79 Å². The number of carboxylic acid groups (broad SMARTS) is 1. The molecule has 0 saturated carbocycles. The molecule has 0 unspecified atom stereocenters. The van der Waals surface area contributed by atoms with Crippen molar-refractivity contribution in [1.29, 1.82) is 0 Å². The van der Waals surface area contributed by atoms with E-state index in [1.807, 2.05) is 36.4 Å². The Kier molecular flexibility index (Phi) is 6.72. The quantitative estimate of drug-likeness (QED) is 0.861. The molecule has 0 bridgehead atoms. The fourth-order valence-corrected chi connectivity index (χ4v) is 2.06. The maximum atomic E-state index is 11.1. The van der Waals surface area contributed by atoms with Crippen LogP contribution in [0.15, 0.2) is 48.5 Å². The maximum absolute atomic E-state index is 11.1. The van der Waals surface area contributed by atoms with Gasteiger partial charge < -0.3 is 15.2 Å². The third-order valence-electron chi connectivity index (χ3n) is 3.07. The number of rotatable bonds is 6. The number of para-hydroxylation sites is 1. The molecule has 0 aromatic heterocycles. The third-order valence-corrected chi connectivity index (χ3v) is 3.07. The largest absolute Gasteiger partial charge is 0.496 e. The van der Waals surface area contributed by atoms with Crippen LogP contribution in [0.5, 0.6) is 5.75 Å². The highest BCUT2D eigenvalue weighted by atomic mass is 35.5. The molecule has 0 radical (unpaired) electrons. The normalized spacial score (nSPS) is 9.76. The first-order valence-corrected chi connectivity index (χ1v) is 6.36. The summed E-state index contributed by atoms with van der Waals surface area (Å²) in [6.07, 6.45) is 0. The molecule has 0 fully saturated rings. The van der Waals surface area contributed by atoms with E-state index < -0.39 is 5.97 Å². The van der Waals surface area contributed by atoms with Crippen molar-refractivity contribution in [3.8, 4) is 5.75 Å². The number of hydrogen-bond donors (Lipinski definition) is 2. The lowest BCUT2D eigenvalue weighted by molar-refractivity contribution is 0.0695. The van der Waals surface area contributed by atoms with Gasteiger partial charge in [0.15, 0.2) is 0 Å². The summed E-state index contributed by atoms with van der Waals surface area (Å²) >= 11 is 0. The number of methoxy groups -OCH3 is 1. The summed E-state index contributed by atoms with van der Waals surface area (Å²) in [5.74, 6) is -0.0776. The van der Waals surface area contributed by atoms with E-state index in [-0.39, 0.29) is 12.4 Å². The molecular weight excluding hydrogens is 290 g/mol. The third kappa shape index (κ3) is 4.48. The summed E-state index contributed by atoms with van der Waals surface area (Å²) in [7, 11) is 1.64. The average Bonchev–Trinajstić information content (AvgIpc) is 2.48. The van der Waals surface area contributed by atoms with Crippen molar-refractivity contribution in [2.45, 2.75) is 13.1 Å². The van der Waals surface area contributed by atoms with Gasteiger partial charge in [0.25, 0.3) is 0 Å². The minimum absolute atomic E-state index is 0. The van der Waals surface area contributed by atoms with Gasteiger partial charge in [-0.2, -0.15) is 0 Å². The van der Waals surface area contributed by atoms with Crippen molar-refractivity contribution < 1.29 is 14.6 Å². The van der Waals surface area contributed by atoms with Crippen LogP contribution in [0.1, 0.15) is 21.5 Å². The van der Waals surface area contributed by atoms with Crippen LogP contribution in [0, 0.1) is 0 Å². The summed E-state index contributed by atoms with van der Waals surface area (Å²) in [4.78, 5) is 11.1. The predicted molar refractivity (Wildman–Crippen MR) is 84.2 cm³/mol. The maximum Gasteiger partial charge on any atom is 0.336 e. The molecule has 2 rings (SSSR count). The van der Waals surface area contributed by atoms with Crippen LogP contribution in [0.4, 0.5) is 0 Å². The second-order valence-corrected chi connectivity index (χ2v) is 4.38. The van der Waals surface area contributed by atoms with Crippen molar-refractivity contribution >= 4 is 18.4 Å². The molecular formula is C16H18ClNO3. The Labute approximate surface area is 130 Å². The molecule has 2 N–H and O–H groups in total. The van der Waals surface area contributed by atoms with Crippen LogP contribution in [-0.2, 0) is 13.1 Å². The number of nitrogens with one attached hydrogen (secondary N) is 1. The van der Waals surface area contributed by atoms with Crippen LogP contribution < -0.4 is 10.1 Å². The van der Waals surface area contributed by atoms with Gasteiger partial charge >= 0.3 is 5.97 Å². The zero-order valence-electron chi connectivity index (χ0n) is 11.7. The summed E-state index contributed by atoms with van der Waals surface area (Å²) in [5, 5.41) is 12.4. The molecule has 0 saturated heterocycles. The standard InChI is InChI=1S/C16H17NO3.ClH/c1-20-15-9-5-3-7-13(15)11-17-10-12-6-2-4-8-14(12)16(18)19;/h2-9,17H,10-11H2,1H3,(H,18,19);1H. The minimum Gasteiger partial charge on any atom is -0.496 e. The fraction of sp³-hybridized carbons (Fsp3) is 0.188. The van der Waals surface area contributed by atoms with Gasteiger partial charge in [0.1, 0.15) is 5.75 Å². The smallest absolute Gasteiger partial charge is 0.336 e. The topological polar surface area (TPSA) is 58.6 Å². The van der Waals surface area contributed by atoms with Gasteiger partial charge in [-0.25, -0.2) is 4.79 Å². The molecule has 0 aliphatic carbocycles. The van der Waals surface area contributed by atoms with Crippen molar-refractivity contribution in [2.24, 2.45) is 0 Å². The van der Waals surface area contributed by atoms with Crippen molar-refractivity contribution in [3.05, 3.63) is 65.2 Å². The molecule has 2 aromatic carbocycles. The fourth-order valence-electron chi connectivity index (χ4n) is 2.06. The Hall–Kier alpha value is -2.04. The number of halogens is 1. The molecule has 2 aromatic rings. The Bertz CT molecular complexity index is 602. The molecule has 4 nitrogen and oxygen atoms in total.